The Labute approximate surface area is 126 Å². The second-order valence-electron chi connectivity index (χ2n) is 6.24. The van der Waals surface area contributed by atoms with Crippen molar-refractivity contribution in [3.05, 3.63) is 28.3 Å². The van der Waals surface area contributed by atoms with Crippen molar-refractivity contribution in [3.8, 4) is 5.75 Å². The van der Waals surface area contributed by atoms with Crippen LogP contribution in [-0.4, -0.2) is 18.1 Å². The summed E-state index contributed by atoms with van der Waals surface area (Å²) in [7, 11) is 1.44. The zero-order valence-electron chi connectivity index (χ0n) is 13.6. The molecule has 0 unspecified atom stereocenters. The van der Waals surface area contributed by atoms with Crippen LogP contribution in [0.2, 0.25) is 0 Å². The predicted octanol–water partition coefficient (Wildman–Crippen LogP) is 4.48. The van der Waals surface area contributed by atoms with Gasteiger partial charge in [0.05, 0.1) is 12.0 Å². The SMILES string of the molecule is COc1ccc(NC(CC(C)C)CC(C)C)cc1[N+](=O)[O-]. The molecule has 0 aliphatic carbocycles. The first-order chi connectivity index (χ1) is 9.83. The van der Waals surface area contributed by atoms with Crippen LogP contribution in [0.25, 0.3) is 0 Å². The van der Waals surface area contributed by atoms with Crippen LogP contribution in [0.1, 0.15) is 40.5 Å². The molecule has 0 saturated heterocycles. The van der Waals surface area contributed by atoms with Crippen LogP contribution >= 0.6 is 0 Å². The van der Waals surface area contributed by atoms with E-state index in [-0.39, 0.29) is 11.4 Å². The molecule has 0 bridgehead atoms. The van der Waals surface area contributed by atoms with Crippen LogP contribution in [0.4, 0.5) is 11.4 Å². The molecule has 5 nitrogen and oxygen atoms in total. The lowest BCUT2D eigenvalue weighted by molar-refractivity contribution is -0.385. The first-order valence-electron chi connectivity index (χ1n) is 7.42. The standard InChI is InChI=1S/C16H26N2O3/c1-11(2)8-14(9-12(3)4)17-13-6-7-16(21-5)15(10-13)18(19)20/h6-7,10-12,14,17H,8-9H2,1-5H3. The van der Waals surface area contributed by atoms with E-state index in [0.717, 1.165) is 18.5 Å². The van der Waals surface area contributed by atoms with Crippen molar-refractivity contribution in [2.75, 3.05) is 12.4 Å². The van der Waals surface area contributed by atoms with Crippen LogP contribution in [-0.2, 0) is 0 Å². The summed E-state index contributed by atoms with van der Waals surface area (Å²) in [5.74, 6) is 1.44. The van der Waals surface area contributed by atoms with Gasteiger partial charge in [0.2, 0.25) is 0 Å². The Morgan fingerprint density at radius 2 is 1.76 bits per heavy atom. The second kappa shape index (κ2) is 7.86. The summed E-state index contributed by atoms with van der Waals surface area (Å²) in [5.41, 5.74) is 0.768. The molecule has 1 N–H and O–H groups in total. The fraction of sp³-hybridized carbons (Fsp3) is 0.625. The normalized spacial score (nSPS) is 11.2. The first-order valence-corrected chi connectivity index (χ1v) is 7.42. The Kier molecular flexibility index (Phi) is 6.46. The third kappa shape index (κ3) is 5.61. The Morgan fingerprint density at radius 3 is 2.19 bits per heavy atom. The second-order valence-corrected chi connectivity index (χ2v) is 6.24. The van der Waals surface area contributed by atoms with Gasteiger partial charge >= 0.3 is 5.69 Å². The van der Waals surface area contributed by atoms with Gasteiger partial charge in [-0.3, -0.25) is 10.1 Å². The van der Waals surface area contributed by atoms with Gasteiger partial charge in [-0.15, -0.1) is 0 Å². The monoisotopic (exact) mass is 294 g/mol. The molecule has 0 amide bonds. The number of rotatable bonds is 8. The van der Waals surface area contributed by atoms with E-state index in [4.69, 9.17) is 4.74 Å². The molecular formula is C16H26N2O3. The molecule has 1 aromatic carbocycles. The average molecular weight is 294 g/mol. The van der Waals surface area contributed by atoms with Gasteiger partial charge < -0.3 is 10.1 Å². The number of anilines is 1. The summed E-state index contributed by atoms with van der Waals surface area (Å²) in [6.07, 6.45) is 2.08. The van der Waals surface area contributed by atoms with Crippen LogP contribution in [0, 0.1) is 22.0 Å². The van der Waals surface area contributed by atoms with Crippen molar-refractivity contribution < 1.29 is 9.66 Å². The van der Waals surface area contributed by atoms with E-state index in [2.05, 4.69) is 33.0 Å². The zero-order chi connectivity index (χ0) is 16.0. The van der Waals surface area contributed by atoms with Gasteiger partial charge in [-0.2, -0.15) is 0 Å². The largest absolute Gasteiger partial charge is 0.490 e. The summed E-state index contributed by atoms with van der Waals surface area (Å²) in [6, 6.07) is 5.34. The van der Waals surface area contributed by atoms with Gasteiger partial charge in [0, 0.05) is 17.8 Å². The molecule has 0 saturated carbocycles. The van der Waals surface area contributed by atoms with Crippen molar-refractivity contribution in [1.29, 1.82) is 0 Å². The van der Waals surface area contributed by atoms with E-state index < -0.39 is 4.92 Å². The average Bonchev–Trinajstić information content (AvgIpc) is 2.36. The summed E-state index contributed by atoms with van der Waals surface area (Å²) in [4.78, 5) is 10.7. The quantitative estimate of drug-likeness (QED) is 0.567. The molecule has 0 aliphatic heterocycles. The highest BCUT2D eigenvalue weighted by Crippen LogP contribution is 2.30. The summed E-state index contributed by atoms with van der Waals surface area (Å²) in [5, 5.41) is 14.5. The molecule has 0 aliphatic rings. The van der Waals surface area contributed by atoms with Crippen molar-refractivity contribution in [2.24, 2.45) is 11.8 Å². The number of nitrogens with zero attached hydrogens (tertiary/aromatic N) is 1. The molecule has 1 rings (SSSR count). The third-order valence-electron chi connectivity index (χ3n) is 3.26. The maximum absolute atomic E-state index is 11.1. The number of benzene rings is 1. The summed E-state index contributed by atoms with van der Waals surface area (Å²) in [6.45, 7) is 8.74. The van der Waals surface area contributed by atoms with Crippen LogP contribution < -0.4 is 10.1 Å². The Hall–Kier alpha value is -1.78. The van der Waals surface area contributed by atoms with Gasteiger partial charge in [0.25, 0.3) is 0 Å². The molecule has 0 fully saturated rings. The highest BCUT2D eigenvalue weighted by Gasteiger charge is 2.18. The lowest BCUT2D eigenvalue weighted by Crippen LogP contribution is -2.23. The van der Waals surface area contributed by atoms with Gasteiger partial charge in [-0.1, -0.05) is 27.7 Å². The fourth-order valence-corrected chi connectivity index (χ4v) is 2.51. The molecule has 118 valence electrons. The lowest BCUT2D eigenvalue weighted by atomic mass is 9.95. The van der Waals surface area contributed by atoms with Crippen molar-refractivity contribution in [3.63, 3.8) is 0 Å². The number of nitro groups is 1. The van der Waals surface area contributed by atoms with E-state index in [9.17, 15) is 10.1 Å². The molecule has 21 heavy (non-hydrogen) atoms. The van der Waals surface area contributed by atoms with Crippen molar-refractivity contribution >= 4 is 11.4 Å². The number of nitro benzene ring substituents is 1. The Morgan fingerprint density at radius 1 is 1.19 bits per heavy atom. The molecule has 0 atom stereocenters. The predicted molar refractivity (Wildman–Crippen MR) is 86.0 cm³/mol. The third-order valence-corrected chi connectivity index (χ3v) is 3.26. The van der Waals surface area contributed by atoms with E-state index >= 15 is 0 Å². The minimum Gasteiger partial charge on any atom is -0.490 e. The smallest absolute Gasteiger partial charge is 0.312 e. The number of ether oxygens (including phenoxy) is 1. The molecule has 0 radical (unpaired) electrons. The molecule has 5 heteroatoms. The summed E-state index contributed by atoms with van der Waals surface area (Å²) >= 11 is 0. The molecule has 0 aromatic heterocycles. The molecule has 0 heterocycles. The Bertz CT molecular complexity index is 463. The van der Waals surface area contributed by atoms with Crippen LogP contribution in [0.5, 0.6) is 5.75 Å². The topological polar surface area (TPSA) is 64.4 Å². The van der Waals surface area contributed by atoms with E-state index in [1.807, 2.05) is 6.07 Å². The van der Waals surface area contributed by atoms with Gasteiger partial charge in [0.1, 0.15) is 0 Å². The Balaban J connectivity index is 2.92. The molecule has 1 aromatic rings. The number of nitrogens with one attached hydrogen (secondary N) is 1. The summed E-state index contributed by atoms with van der Waals surface area (Å²) < 4.78 is 5.03. The van der Waals surface area contributed by atoms with Crippen LogP contribution in [0.15, 0.2) is 18.2 Å². The first kappa shape index (κ1) is 17.3. The number of methoxy groups -OCH3 is 1. The van der Waals surface area contributed by atoms with Gasteiger partial charge in [0.15, 0.2) is 5.75 Å². The minimum atomic E-state index is -0.413. The number of hydrogen-bond donors (Lipinski definition) is 1. The maximum atomic E-state index is 11.1. The van der Waals surface area contributed by atoms with Gasteiger partial charge in [-0.25, -0.2) is 0 Å². The van der Waals surface area contributed by atoms with E-state index in [0.29, 0.717) is 17.9 Å². The van der Waals surface area contributed by atoms with Crippen LogP contribution in [0.3, 0.4) is 0 Å². The fourth-order valence-electron chi connectivity index (χ4n) is 2.51. The zero-order valence-corrected chi connectivity index (χ0v) is 13.6. The minimum absolute atomic E-state index is 0.00431. The molecular weight excluding hydrogens is 268 g/mol. The lowest BCUT2D eigenvalue weighted by Gasteiger charge is -2.23. The molecule has 0 spiro atoms. The highest BCUT2D eigenvalue weighted by atomic mass is 16.6. The number of hydrogen-bond acceptors (Lipinski definition) is 4. The van der Waals surface area contributed by atoms with Crippen molar-refractivity contribution in [2.45, 2.75) is 46.6 Å². The van der Waals surface area contributed by atoms with E-state index in [1.54, 1.807) is 12.1 Å². The van der Waals surface area contributed by atoms with E-state index in [1.165, 1.54) is 7.11 Å². The van der Waals surface area contributed by atoms with Gasteiger partial charge in [-0.05, 0) is 36.8 Å². The highest BCUT2D eigenvalue weighted by molar-refractivity contribution is 5.58. The maximum Gasteiger partial charge on any atom is 0.312 e. The van der Waals surface area contributed by atoms with Crippen molar-refractivity contribution in [1.82, 2.24) is 0 Å².